The first-order valence-electron chi connectivity index (χ1n) is 13.2. The molecular formula is C33H31FN2O3S. The zero-order chi connectivity index (χ0) is 28.2. The average molecular weight is 555 g/mol. The van der Waals surface area contributed by atoms with Gasteiger partial charge in [0.25, 0.3) is 0 Å². The van der Waals surface area contributed by atoms with Gasteiger partial charge in [-0.3, -0.25) is 14.5 Å². The Balaban J connectivity index is 1.73. The van der Waals surface area contributed by atoms with Crippen LogP contribution in [0.5, 0.6) is 5.75 Å². The Bertz CT molecular complexity index is 1710. The Labute approximate surface area is 237 Å². The van der Waals surface area contributed by atoms with Crippen molar-refractivity contribution in [3.05, 3.63) is 123 Å². The molecule has 204 valence electrons. The lowest BCUT2D eigenvalue weighted by molar-refractivity contribution is 0.0986. The second-order valence-electron chi connectivity index (χ2n) is 9.84. The number of carbonyl (C=O) groups is 1. The topological polar surface area (TPSA) is 51.5 Å². The largest absolute Gasteiger partial charge is 0.497 e. The molecule has 0 radical (unpaired) electrons. The van der Waals surface area contributed by atoms with Crippen molar-refractivity contribution in [2.75, 3.05) is 14.2 Å². The van der Waals surface area contributed by atoms with E-state index in [1.165, 1.54) is 17.4 Å². The highest BCUT2D eigenvalue weighted by molar-refractivity contribution is 7.22. The zero-order valence-corrected chi connectivity index (χ0v) is 23.6. The normalized spacial score (nSPS) is 11.3. The highest BCUT2D eigenvalue weighted by Crippen LogP contribution is 2.39. The van der Waals surface area contributed by atoms with E-state index in [1.807, 2.05) is 54.1 Å². The van der Waals surface area contributed by atoms with Crippen LogP contribution >= 0.6 is 11.3 Å². The van der Waals surface area contributed by atoms with Crippen LogP contribution in [0.25, 0.3) is 20.7 Å². The predicted octanol–water partition coefficient (Wildman–Crippen LogP) is 7.15. The van der Waals surface area contributed by atoms with Gasteiger partial charge in [0.2, 0.25) is 5.43 Å². The number of thiophene rings is 1. The third-order valence-corrected chi connectivity index (χ3v) is 8.32. The van der Waals surface area contributed by atoms with Gasteiger partial charge in [-0.1, -0.05) is 55.5 Å². The first-order chi connectivity index (χ1) is 19.4. The summed E-state index contributed by atoms with van der Waals surface area (Å²) in [5.41, 5.74) is 3.33. The summed E-state index contributed by atoms with van der Waals surface area (Å²) in [6, 6.07) is 24.5. The number of methoxy groups -OCH3 is 1. The molecule has 0 saturated heterocycles. The molecule has 0 amide bonds. The third kappa shape index (κ3) is 5.62. The van der Waals surface area contributed by atoms with Crippen LogP contribution in [0.3, 0.4) is 0 Å². The summed E-state index contributed by atoms with van der Waals surface area (Å²) in [5.74, 6) is 0.185. The molecule has 0 aliphatic heterocycles. The van der Waals surface area contributed by atoms with Crippen LogP contribution in [0.15, 0.2) is 89.9 Å². The highest BCUT2D eigenvalue weighted by atomic mass is 32.1. The average Bonchev–Trinajstić information content (AvgIpc) is 3.35. The summed E-state index contributed by atoms with van der Waals surface area (Å²) in [7, 11) is 3.65. The Kier molecular flexibility index (Phi) is 8.24. The summed E-state index contributed by atoms with van der Waals surface area (Å²) in [5, 5.41) is 0.520. The molecule has 0 bridgehead atoms. The van der Waals surface area contributed by atoms with E-state index in [4.69, 9.17) is 4.74 Å². The number of rotatable bonds is 10. The lowest BCUT2D eigenvalue weighted by atomic mass is 10.0. The van der Waals surface area contributed by atoms with Gasteiger partial charge in [0.05, 0.1) is 24.6 Å². The van der Waals surface area contributed by atoms with Crippen molar-refractivity contribution < 1.29 is 13.9 Å². The van der Waals surface area contributed by atoms with E-state index in [-0.39, 0.29) is 35.6 Å². The molecule has 0 saturated carbocycles. The molecule has 0 aliphatic carbocycles. The van der Waals surface area contributed by atoms with Crippen LogP contribution in [0.1, 0.15) is 40.4 Å². The molecule has 0 spiro atoms. The number of aromatic nitrogens is 1. The van der Waals surface area contributed by atoms with Gasteiger partial charge in [0.1, 0.15) is 16.4 Å². The number of carbonyl (C=O) groups excluding carboxylic acids is 1. The van der Waals surface area contributed by atoms with Crippen LogP contribution in [-0.4, -0.2) is 29.4 Å². The van der Waals surface area contributed by atoms with Crippen LogP contribution in [0.4, 0.5) is 4.39 Å². The quantitative estimate of drug-likeness (QED) is 0.172. The van der Waals surface area contributed by atoms with E-state index in [2.05, 4.69) is 17.0 Å². The fourth-order valence-electron chi connectivity index (χ4n) is 4.96. The lowest BCUT2D eigenvalue weighted by Crippen LogP contribution is -2.22. The van der Waals surface area contributed by atoms with Crippen molar-refractivity contribution in [2.45, 2.75) is 33.0 Å². The maximum Gasteiger partial charge on any atom is 0.201 e. The van der Waals surface area contributed by atoms with Crippen LogP contribution in [-0.2, 0) is 19.6 Å². The van der Waals surface area contributed by atoms with Gasteiger partial charge in [-0.25, -0.2) is 4.39 Å². The summed E-state index contributed by atoms with van der Waals surface area (Å²) in [6.07, 6.45) is 1.81. The van der Waals surface area contributed by atoms with E-state index < -0.39 is 0 Å². The number of fused-ring (bicyclic) bond motifs is 1. The predicted molar refractivity (Wildman–Crippen MR) is 160 cm³/mol. The number of halogens is 1. The van der Waals surface area contributed by atoms with Crippen molar-refractivity contribution in [2.24, 2.45) is 0 Å². The molecule has 2 heterocycles. The van der Waals surface area contributed by atoms with Crippen molar-refractivity contribution in [1.82, 2.24) is 9.47 Å². The zero-order valence-electron chi connectivity index (χ0n) is 22.8. The number of ketones is 1. The molecule has 0 aliphatic rings. The van der Waals surface area contributed by atoms with E-state index >= 15 is 0 Å². The second kappa shape index (κ2) is 12.0. The van der Waals surface area contributed by atoms with Gasteiger partial charge in [0.15, 0.2) is 5.78 Å². The standard InChI is InChI=1S/C33H31FN2O3S/c1-4-29(37)26-21-36(19-24-12-8-9-13-28(24)34)33-30(31(26)38)27(20-35(2)18-22-10-6-5-7-11-22)32(40-33)23-14-16-25(39-3)17-15-23/h5-17,21H,4,18-20H2,1-3H3. The first-order valence-corrected chi connectivity index (χ1v) is 14.0. The van der Waals surface area contributed by atoms with Crippen molar-refractivity contribution in [3.8, 4) is 16.2 Å². The van der Waals surface area contributed by atoms with E-state index in [1.54, 1.807) is 38.4 Å². The molecule has 2 aromatic heterocycles. The number of pyridine rings is 1. The number of Topliss-reactive ketones (excluding diaryl/α,β-unsaturated/α-hetero) is 1. The Hall–Kier alpha value is -4.07. The van der Waals surface area contributed by atoms with Crippen LogP contribution in [0.2, 0.25) is 0 Å². The number of benzene rings is 3. The van der Waals surface area contributed by atoms with Gasteiger partial charge in [-0.05, 0) is 54.1 Å². The lowest BCUT2D eigenvalue weighted by Gasteiger charge is -2.18. The SMILES string of the molecule is CCC(=O)c1cn(Cc2ccccc2F)c2sc(-c3ccc(OC)cc3)c(CN(C)Cc3ccccc3)c2c1=O. The fourth-order valence-corrected chi connectivity index (χ4v) is 6.25. The Morgan fingerprint density at radius 3 is 2.35 bits per heavy atom. The second-order valence-corrected chi connectivity index (χ2v) is 10.8. The highest BCUT2D eigenvalue weighted by Gasteiger charge is 2.24. The van der Waals surface area contributed by atoms with Crippen LogP contribution < -0.4 is 10.2 Å². The monoisotopic (exact) mass is 554 g/mol. The molecule has 0 atom stereocenters. The van der Waals surface area contributed by atoms with Gasteiger partial charge in [0, 0.05) is 36.1 Å². The summed E-state index contributed by atoms with van der Waals surface area (Å²) < 4.78 is 21.9. The minimum absolute atomic E-state index is 0.136. The molecule has 40 heavy (non-hydrogen) atoms. The number of ether oxygens (including phenoxy) is 1. The molecule has 5 nitrogen and oxygen atoms in total. The Morgan fingerprint density at radius 2 is 1.68 bits per heavy atom. The van der Waals surface area contributed by atoms with Gasteiger partial charge in [-0.2, -0.15) is 0 Å². The minimum atomic E-state index is -0.326. The maximum absolute atomic E-state index is 14.7. The smallest absolute Gasteiger partial charge is 0.201 e. The van der Waals surface area contributed by atoms with Gasteiger partial charge in [-0.15, -0.1) is 11.3 Å². The molecule has 5 aromatic rings. The van der Waals surface area contributed by atoms with Gasteiger partial charge < -0.3 is 9.30 Å². The summed E-state index contributed by atoms with van der Waals surface area (Å²) >= 11 is 1.49. The molecule has 0 N–H and O–H groups in total. The third-order valence-electron chi connectivity index (χ3n) is 7.00. The van der Waals surface area contributed by atoms with Crippen molar-refractivity contribution in [3.63, 3.8) is 0 Å². The van der Waals surface area contributed by atoms with E-state index in [0.29, 0.717) is 24.0 Å². The van der Waals surface area contributed by atoms with Crippen molar-refractivity contribution >= 4 is 27.3 Å². The minimum Gasteiger partial charge on any atom is -0.497 e. The molecular weight excluding hydrogens is 523 g/mol. The number of nitrogens with zero attached hydrogens (tertiary/aromatic N) is 2. The number of hydrogen-bond acceptors (Lipinski definition) is 5. The van der Waals surface area contributed by atoms with Crippen molar-refractivity contribution in [1.29, 1.82) is 0 Å². The van der Waals surface area contributed by atoms with Crippen LogP contribution in [0, 0.1) is 5.82 Å². The molecule has 3 aromatic carbocycles. The molecule has 7 heteroatoms. The first kappa shape index (κ1) is 27.5. The van der Waals surface area contributed by atoms with E-state index in [9.17, 15) is 14.0 Å². The molecule has 5 rings (SSSR count). The summed E-state index contributed by atoms with van der Waals surface area (Å²) in [4.78, 5) is 30.8. The molecule has 0 fully saturated rings. The fraction of sp³-hybridized carbons (Fsp3) is 0.212. The number of hydrogen-bond donors (Lipinski definition) is 0. The summed E-state index contributed by atoms with van der Waals surface area (Å²) in [6.45, 7) is 3.14. The van der Waals surface area contributed by atoms with Gasteiger partial charge >= 0.3 is 0 Å². The molecule has 0 unspecified atom stereocenters. The maximum atomic E-state index is 14.7. The Morgan fingerprint density at radius 1 is 0.975 bits per heavy atom. The van der Waals surface area contributed by atoms with E-state index in [0.717, 1.165) is 32.1 Å².